The maximum absolute atomic E-state index is 12.3. The molecule has 0 bridgehead atoms. The molecule has 20 heavy (non-hydrogen) atoms. The fourth-order valence-corrected chi connectivity index (χ4v) is 2.93. The first-order valence-electron chi connectivity index (χ1n) is 7.49. The lowest BCUT2D eigenvalue weighted by atomic mass is 9.79. The van der Waals surface area contributed by atoms with Crippen molar-refractivity contribution >= 4 is 12.0 Å². The minimum absolute atomic E-state index is 0.226. The zero-order chi connectivity index (χ0) is 14.6. The quantitative estimate of drug-likeness (QED) is 0.733. The maximum Gasteiger partial charge on any atom is 0.338 e. The van der Waals surface area contributed by atoms with Gasteiger partial charge in [-0.3, -0.25) is 0 Å². The summed E-state index contributed by atoms with van der Waals surface area (Å²) < 4.78 is 5.77. The Balaban J connectivity index is 2.03. The van der Waals surface area contributed by atoms with Gasteiger partial charge in [-0.25, -0.2) is 4.79 Å². The molecule has 1 aliphatic rings. The van der Waals surface area contributed by atoms with Gasteiger partial charge >= 0.3 is 5.97 Å². The molecule has 0 aliphatic heterocycles. The standard InChI is InChI=1S/C18H24O2/c1-4-14-10-12-15(13-11-14)17(19)20-18(2,3)16-8-6-5-7-9-16/h4,10-13,16H,1,5-9H2,2-3H3. The fourth-order valence-electron chi connectivity index (χ4n) is 2.93. The zero-order valence-electron chi connectivity index (χ0n) is 12.5. The van der Waals surface area contributed by atoms with E-state index in [2.05, 4.69) is 6.58 Å². The molecular formula is C18H24O2. The Hall–Kier alpha value is -1.57. The Morgan fingerprint density at radius 3 is 2.35 bits per heavy atom. The number of carbonyl (C=O) groups is 1. The van der Waals surface area contributed by atoms with Crippen LogP contribution in [0, 0.1) is 5.92 Å². The molecule has 0 saturated heterocycles. The molecule has 2 heteroatoms. The monoisotopic (exact) mass is 272 g/mol. The molecule has 1 aliphatic carbocycles. The molecule has 1 aromatic rings. The van der Waals surface area contributed by atoms with Gasteiger partial charge in [0.15, 0.2) is 0 Å². The van der Waals surface area contributed by atoms with Gasteiger partial charge in [0.2, 0.25) is 0 Å². The minimum Gasteiger partial charge on any atom is -0.456 e. The van der Waals surface area contributed by atoms with Crippen LogP contribution in [0.3, 0.4) is 0 Å². The summed E-state index contributed by atoms with van der Waals surface area (Å²) in [5.74, 6) is 0.254. The second kappa shape index (κ2) is 6.25. The van der Waals surface area contributed by atoms with Crippen LogP contribution in [0.4, 0.5) is 0 Å². The van der Waals surface area contributed by atoms with Gasteiger partial charge in [0.05, 0.1) is 5.56 Å². The molecule has 0 unspecified atom stereocenters. The highest BCUT2D eigenvalue weighted by atomic mass is 16.6. The van der Waals surface area contributed by atoms with Crippen molar-refractivity contribution in [1.82, 2.24) is 0 Å². The summed E-state index contributed by atoms with van der Waals surface area (Å²) >= 11 is 0. The van der Waals surface area contributed by atoms with E-state index in [-0.39, 0.29) is 11.6 Å². The molecule has 0 amide bonds. The Labute approximate surface area is 121 Å². The fraction of sp³-hybridized carbons (Fsp3) is 0.500. The molecule has 2 nitrogen and oxygen atoms in total. The van der Waals surface area contributed by atoms with Crippen molar-refractivity contribution in [1.29, 1.82) is 0 Å². The van der Waals surface area contributed by atoms with E-state index in [0.717, 1.165) is 18.4 Å². The first-order valence-corrected chi connectivity index (χ1v) is 7.49. The van der Waals surface area contributed by atoms with E-state index in [4.69, 9.17) is 4.74 Å². The van der Waals surface area contributed by atoms with E-state index in [9.17, 15) is 4.79 Å². The van der Waals surface area contributed by atoms with Gasteiger partial charge in [-0.1, -0.05) is 44.1 Å². The van der Waals surface area contributed by atoms with Crippen molar-refractivity contribution in [3.8, 4) is 0 Å². The van der Waals surface area contributed by atoms with E-state index < -0.39 is 0 Å². The van der Waals surface area contributed by atoms with Gasteiger partial charge in [-0.05, 0) is 50.3 Å². The molecule has 0 heterocycles. The summed E-state index contributed by atoms with van der Waals surface area (Å²) in [5.41, 5.74) is 1.24. The molecule has 1 saturated carbocycles. The van der Waals surface area contributed by atoms with Gasteiger partial charge in [-0.2, -0.15) is 0 Å². The smallest absolute Gasteiger partial charge is 0.338 e. The van der Waals surface area contributed by atoms with Crippen molar-refractivity contribution in [3.63, 3.8) is 0 Å². The van der Waals surface area contributed by atoms with E-state index in [1.807, 2.05) is 26.0 Å². The number of benzene rings is 1. The molecule has 0 N–H and O–H groups in total. The molecule has 0 atom stereocenters. The number of carbonyl (C=O) groups excluding carboxylic acids is 1. The van der Waals surface area contributed by atoms with Crippen LogP contribution < -0.4 is 0 Å². The van der Waals surface area contributed by atoms with Crippen molar-refractivity contribution in [3.05, 3.63) is 42.0 Å². The van der Waals surface area contributed by atoms with Crippen molar-refractivity contribution in [2.75, 3.05) is 0 Å². The number of esters is 1. The van der Waals surface area contributed by atoms with Crippen LogP contribution in [0.25, 0.3) is 6.08 Å². The van der Waals surface area contributed by atoms with Crippen LogP contribution in [-0.4, -0.2) is 11.6 Å². The van der Waals surface area contributed by atoms with Gasteiger partial charge < -0.3 is 4.74 Å². The molecule has 1 fully saturated rings. The highest BCUT2D eigenvalue weighted by Gasteiger charge is 2.34. The Morgan fingerprint density at radius 2 is 1.80 bits per heavy atom. The Kier molecular flexibility index (Phi) is 4.64. The van der Waals surface area contributed by atoms with Crippen LogP contribution in [0.15, 0.2) is 30.8 Å². The van der Waals surface area contributed by atoms with Crippen molar-refractivity contribution in [2.24, 2.45) is 5.92 Å². The molecule has 0 spiro atoms. The van der Waals surface area contributed by atoms with Crippen LogP contribution in [0.5, 0.6) is 0 Å². The first kappa shape index (κ1) is 14.8. The topological polar surface area (TPSA) is 26.3 Å². The first-order chi connectivity index (χ1) is 9.53. The van der Waals surface area contributed by atoms with Gasteiger partial charge in [0, 0.05) is 0 Å². The lowest BCUT2D eigenvalue weighted by molar-refractivity contribution is -0.0384. The third-order valence-electron chi connectivity index (χ3n) is 4.33. The number of rotatable bonds is 4. The van der Waals surface area contributed by atoms with E-state index in [1.54, 1.807) is 18.2 Å². The summed E-state index contributed by atoms with van der Waals surface area (Å²) in [7, 11) is 0. The van der Waals surface area contributed by atoms with Gasteiger partial charge in [0.1, 0.15) is 5.60 Å². The zero-order valence-corrected chi connectivity index (χ0v) is 12.5. The normalized spacial score (nSPS) is 16.7. The Bertz CT molecular complexity index is 465. The molecule has 1 aromatic carbocycles. The minimum atomic E-state index is -0.380. The molecule has 0 aromatic heterocycles. The van der Waals surface area contributed by atoms with Gasteiger partial charge in [-0.15, -0.1) is 0 Å². The summed E-state index contributed by atoms with van der Waals surface area (Å²) in [6, 6.07) is 7.38. The number of hydrogen-bond donors (Lipinski definition) is 0. The lowest BCUT2D eigenvalue weighted by Gasteiger charge is -2.36. The average Bonchev–Trinajstić information content (AvgIpc) is 2.48. The van der Waals surface area contributed by atoms with Crippen LogP contribution in [0.1, 0.15) is 61.9 Å². The highest BCUT2D eigenvalue weighted by molar-refractivity contribution is 5.89. The average molecular weight is 272 g/mol. The second-order valence-corrected chi connectivity index (χ2v) is 6.15. The largest absolute Gasteiger partial charge is 0.456 e. The Morgan fingerprint density at radius 1 is 1.20 bits per heavy atom. The lowest BCUT2D eigenvalue weighted by Crippen LogP contribution is -2.37. The third kappa shape index (κ3) is 3.50. The summed E-state index contributed by atoms with van der Waals surface area (Å²) in [6.07, 6.45) is 7.90. The number of hydrogen-bond acceptors (Lipinski definition) is 2. The maximum atomic E-state index is 12.3. The van der Waals surface area contributed by atoms with Crippen molar-refractivity contribution < 1.29 is 9.53 Å². The van der Waals surface area contributed by atoms with Crippen molar-refractivity contribution in [2.45, 2.75) is 51.6 Å². The van der Waals surface area contributed by atoms with Crippen LogP contribution in [-0.2, 0) is 4.74 Å². The number of ether oxygens (including phenoxy) is 1. The van der Waals surface area contributed by atoms with E-state index in [1.165, 1.54) is 19.3 Å². The SMILES string of the molecule is C=Cc1ccc(C(=O)OC(C)(C)C2CCCCC2)cc1. The molecule has 2 rings (SSSR count). The molecule has 0 radical (unpaired) electrons. The van der Waals surface area contributed by atoms with E-state index >= 15 is 0 Å². The summed E-state index contributed by atoms with van der Waals surface area (Å²) in [5, 5.41) is 0. The van der Waals surface area contributed by atoms with Crippen LogP contribution >= 0.6 is 0 Å². The molecular weight excluding hydrogens is 248 g/mol. The van der Waals surface area contributed by atoms with Gasteiger partial charge in [0.25, 0.3) is 0 Å². The summed E-state index contributed by atoms with van der Waals surface area (Å²) in [4.78, 5) is 12.3. The predicted octanol–water partition coefficient (Wildman–Crippen LogP) is 4.85. The van der Waals surface area contributed by atoms with Crippen LogP contribution in [0.2, 0.25) is 0 Å². The third-order valence-corrected chi connectivity index (χ3v) is 4.33. The van der Waals surface area contributed by atoms with E-state index in [0.29, 0.717) is 11.5 Å². The highest BCUT2D eigenvalue weighted by Crippen LogP contribution is 2.35. The second-order valence-electron chi connectivity index (χ2n) is 6.15. The summed E-state index contributed by atoms with van der Waals surface area (Å²) in [6.45, 7) is 7.79. The predicted molar refractivity (Wildman–Crippen MR) is 82.6 cm³/mol. The molecule has 108 valence electrons.